The predicted octanol–water partition coefficient (Wildman–Crippen LogP) is 6.21. The van der Waals surface area contributed by atoms with Crippen LogP contribution in [0.4, 0.5) is 13.2 Å². The smallest absolute Gasteiger partial charge is 0.416 e. The number of carbonyl (C=O) groups is 1. The third kappa shape index (κ3) is 5.33. The number of aryl methyl sites for hydroxylation is 1. The number of carbonyl (C=O) groups excluding carboxylic acids is 1. The predicted molar refractivity (Wildman–Crippen MR) is 124 cm³/mol. The summed E-state index contributed by atoms with van der Waals surface area (Å²) in [6, 6.07) is 14.8. The molecule has 4 rings (SSSR count). The van der Waals surface area contributed by atoms with Gasteiger partial charge in [-0.15, -0.1) is 0 Å². The van der Waals surface area contributed by atoms with Gasteiger partial charge in [-0.1, -0.05) is 39.7 Å². The quantitative estimate of drug-likeness (QED) is 0.380. The van der Waals surface area contributed by atoms with Gasteiger partial charge in [-0.3, -0.25) is 0 Å². The van der Waals surface area contributed by atoms with E-state index in [-0.39, 0.29) is 5.69 Å². The van der Waals surface area contributed by atoms with Gasteiger partial charge in [0.1, 0.15) is 12.4 Å². The van der Waals surface area contributed by atoms with Crippen LogP contribution in [-0.2, 0) is 12.8 Å². The number of carboxylic acid groups (broad SMARTS) is 1. The maximum atomic E-state index is 13.4. The van der Waals surface area contributed by atoms with Gasteiger partial charge in [0.15, 0.2) is 0 Å². The number of pyridine rings is 1. The monoisotopic (exact) mass is 530 g/mol. The average molecular weight is 531 g/mol. The molecule has 0 saturated carbocycles. The Morgan fingerprint density at radius 2 is 1.76 bits per heavy atom. The van der Waals surface area contributed by atoms with Crippen LogP contribution in [0, 0.1) is 6.92 Å². The highest BCUT2D eigenvalue weighted by molar-refractivity contribution is 9.10. The lowest BCUT2D eigenvalue weighted by atomic mass is 9.96. The molecule has 4 nitrogen and oxygen atoms in total. The van der Waals surface area contributed by atoms with Crippen LogP contribution in [0.3, 0.4) is 0 Å². The van der Waals surface area contributed by atoms with Crippen molar-refractivity contribution in [1.82, 2.24) is 4.98 Å². The van der Waals surface area contributed by atoms with E-state index < -0.39 is 23.4 Å². The summed E-state index contributed by atoms with van der Waals surface area (Å²) in [6.07, 6.45) is -2.89. The normalized spacial score (nSPS) is 13.9. The number of allylic oxidation sites excluding steroid dienone is 2. The highest BCUT2D eigenvalue weighted by Gasteiger charge is 2.33. The third-order valence-corrected chi connectivity index (χ3v) is 6.19. The van der Waals surface area contributed by atoms with Crippen LogP contribution in [0.1, 0.15) is 57.7 Å². The van der Waals surface area contributed by atoms with E-state index >= 15 is 0 Å². The molecule has 1 aromatic heterocycles. The molecular weight excluding hydrogens is 511 g/mol. The highest BCUT2D eigenvalue weighted by Crippen LogP contribution is 2.43. The lowest BCUT2D eigenvalue weighted by Crippen LogP contribution is -2.25. The fraction of sp³-hybridized carbons (Fsp3) is 0.231. The van der Waals surface area contributed by atoms with E-state index in [0.29, 0.717) is 43.3 Å². The first-order valence-electron chi connectivity index (χ1n) is 10.6. The minimum Gasteiger partial charge on any atom is -0.543 e. The van der Waals surface area contributed by atoms with Gasteiger partial charge in [-0.25, -0.2) is 4.98 Å². The number of benzene rings is 2. The highest BCUT2D eigenvalue weighted by atomic mass is 79.9. The molecule has 0 spiro atoms. The maximum Gasteiger partial charge on any atom is 0.416 e. The number of rotatable bonds is 6. The number of halogens is 4. The first-order chi connectivity index (χ1) is 16.1. The van der Waals surface area contributed by atoms with Gasteiger partial charge in [-0.05, 0) is 79.3 Å². The fourth-order valence-electron chi connectivity index (χ4n) is 4.02. The van der Waals surface area contributed by atoms with Crippen LogP contribution in [0.5, 0.6) is 5.75 Å². The van der Waals surface area contributed by atoms with E-state index in [1.54, 1.807) is 0 Å². The topological polar surface area (TPSA) is 62.2 Å². The SMILES string of the molecule is Cc1ccc(OCc2ccc(Br)cc2)c(C2=C(c3cc(C(F)(F)F)cc(C(=O)[O-])n3)CCC2)c1. The molecule has 0 saturated heterocycles. The summed E-state index contributed by atoms with van der Waals surface area (Å²) >= 11 is 3.40. The Morgan fingerprint density at radius 3 is 2.44 bits per heavy atom. The van der Waals surface area contributed by atoms with Gasteiger partial charge in [0, 0.05) is 10.0 Å². The zero-order valence-electron chi connectivity index (χ0n) is 18.2. The second kappa shape index (κ2) is 9.62. The number of aromatic carboxylic acids is 1. The van der Waals surface area contributed by atoms with Gasteiger partial charge in [0.05, 0.1) is 22.9 Å². The Hall–Kier alpha value is -3.13. The van der Waals surface area contributed by atoms with Crippen LogP contribution in [0.15, 0.2) is 59.1 Å². The lowest BCUT2D eigenvalue weighted by Gasteiger charge is -2.17. The number of hydrogen-bond acceptors (Lipinski definition) is 4. The van der Waals surface area contributed by atoms with Crippen LogP contribution < -0.4 is 9.84 Å². The van der Waals surface area contributed by atoms with E-state index in [9.17, 15) is 23.1 Å². The van der Waals surface area contributed by atoms with Crippen molar-refractivity contribution in [3.8, 4) is 5.75 Å². The zero-order chi connectivity index (χ0) is 24.5. The van der Waals surface area contributed by atoms with E-state index in [2.05, 4.69) is 20.9 Å². The fourth-order valence-corrected chi connectivity index (χ4v) is 4.29. The molecule has 34 heavy (non-hydrogen) atoms. The van der Waals surface area contributed by atoms with Crippen molar-refractivity contribution < 1.29 is 27.8 Å². The zero-order valence-corrected chi connectivity index (χ0v) is 19.8. The molecular formula is C26H20BrF3NO3-. The minimum absolute atomic E-state index is 0.00175. The molecule has 0 atom stereocenters. The number of ether oxygens (including phenoxy) is 1. The van der Waals surface area contributed by atoms with Crippen molar-refractivity contribution in [1.29, 1.82) is 0 Å². The molecule has 0 radical (unpaired) electrons. The van der Waals surface area contributed by atoms with E-state index in [1.165, 1.54) is 0 Å². The summed E-state index contributed by atoms with van der Waals surface area (Å²) in [5.41, 5.74) is 2.32. The molecule has 1 aliphatic carbocycles. The number of carboxylic acids is 1. The summed E-state index contributed by atoms with van der Waals surface area (Å²) in [5, 5.41) is 11.4. The number of aromatic nitrogens is 1. The summed E-state index contributed by atoms with van der Waals surface area (Å²) in [5.74, 6) is -1.14. The molecule has 3 aromatic rings. The molecule has 0 aliphatic heterocycles. The second-order valence-corrected chi connectivity index (χ2v) is 9.05. The molecule has 0 amide bonds. The minimum atomic E-state index is -4.70. The molecule has 1 heterocycles. The average Bonchev–Trinajstić information content (AvgIpc) is 3.28. The van der Waals surface area contributed by atoms with Crippen LogP contribution in [0.2, 0.25) is 0 Å². The third-order valence-electron chi connectivity index (χ3n) is 5.66. The Morgan fingerprint density at radius 1 is 1.06 bits per heavy atom. The molecule has 8 heteroatoms. The van der Waals surface area contributed by atoms with Gasteiger partial charge in [0.2, 0.25) is 0 Å². The Labute approximate surface area is 203 Å². The van der Waals surface area contributed by atoms with Gasteiger partial charge in [-0.2, -0.15) is 13.2 Å². The van der Waals surface area contributed by atoms with Crippen LogP contribution >= 0.6 is 15.9 Å². The largest absolute Gasteiger partial charge is 0.543 e. The lowest BCUT2D eigenvalue weighted by molar-refractivity contribution is -0.255. The van der Waals surface area contributed by atoms with E-state index in [0.717, 1.165) is 32.8 Å². The summed E-state index contributed by atoms with van der Waals surface area (Å²) < 4.78 is 47.4. The molecule has 176 valence electrons. The molecule has 0 fully saturated rings. The maximum absolute atomic E-state index is 13.4. The first-order valence-corrected chi connectivity index (χ1v) is 11.4. The van der Waals surface area contributed by atoms with Crippen molar-refractivity contribution in [2.75, 3.05) is 0 Å². The Bertz CT molecular complexity index is 1270. The van der Waals surface area contributed by atoms with E-state index in [1.807, 2.05) is 49.4 Å². The van der Waals surface area contributed by atoms with Gasteiger partial charge < -0.3 is 14.6 Å². The van der Waals surface area contributed by atoms with Crippen LogP contribution in [0.25, 0.3) is 11.1 Å². The molecule has 0 N–H and O–H groups in total. The van der Waals surface area contributed by atoms with Crippen molar-refractivity contribution >= 4 is 33.0 Å². The first kappa shape index (κ1) is 24.0. The molecule has 2 aromatic carbocycles. The van der Waals surface area contributed by atoms with Crippen molar-refractivity contribution in [2.24, 2.45) is 0 Å². The number of nitrogens with zero attached hydrogens (tertiary/aromatic N) is 1. The molecule has 1 aliphatic rings. The van der Waals surface area contributed by atoms with Crippen molar-refractivity contribution in [3.05, 3.63) is 92.7 Å². The standard InChI is InChI=1S/C26H21BrF3NO3/c1-15-5-10-24(34-14-16-6-8-18(27)9-7-16)21(11-15)19-3-2-4-20(19)22-12-17(26(28,29)30)13-23(31-22)25(32)33/h5-13H,2-4,14H2,1H3,(H,32,33)/p-1. The van der Waals surface area contributed by atoms with Crippen LogP contribution in [-0.4, -0.2) is 11.0 Å². The Balaban J connectivity index is 1.77. The van der Waals surface area contributed by atoms with Gasteiger partial charge >= 0.3 is 6.18 Å². The van der Waals surface area contributed by atoms with Crippen molar-refractivity contribution in [2.45, 2.75) is 39.0 Å². The summed E-state index contributed by atoms with van der Waals surface area (Å²) in [7, 11) is 0. The summed E-state index contributed by atoms with van der Waals surface area (Å²) in [6.45, 7) is 2.25. The van der Waals surface area contributed by atoms with Gasteiger partial charge in [0.25, 0.3) is 0 Å². The second-order valence-electron chi connectivity index (χ2n) is 8.14. The van der Waals surface area contributed by atoms with Crippen molar-refractivity contribution in [3.63, 3.8) is 0 Å². The Kier molecular flexibility index (Phi) is 6.79. The molecule has 0 unspecified atom stereocenters. The number of hydrogen-bond donors (Lipinski definition) is 0. The summed E-state index contributed by atoms with van der Waals surface area (Å²) in [4.78, 5) is 15.4. The molecule has 0 bridgehead atoms. The number of alkyl halides is 3. The van der Waals surface area contributed by atoms with E-state index in [4.69, 9.17) is 4.74 Å².